The summed E-state index contributed by atoms with van der Waals surface area (Å²) in [6.45, 7) is 6.74. The van der Waals surface area contributed by atoms with E-state index in [-0.39, 0.29) is 17.9 Å². The fourth-order valence-electron chi connectivity index (χ4n) is 6.09. The number of aliphatic imine (C=N–C) groups is 2. The lowest BCUT2D eigenvalue weighted by Gasteiger charge is -2.39. The van der Waals surface area contributed by atoms with E-state index in [4.69, 9.17) is 5.73 Å². The van der Waals surface area contributed by atoms with E-state index in [2.05, 4.69) is 31.9 Å². The Hall–Kier alpha value is -5.96. The van der Waals surface area contributed by atoms with Gasteiger partial charge in [0.25, 0.3) is 5.91 Å². The number of nitrogens with one attached hydrogen (secondary N) is 2. The summed E-state index contributed by atoms with van der Waals surface area (Å²) in [6.07, 6.45) is 5.24. The molecule has 0 spiro atoms. The molecule has 1 aliphatic heterocycles. The number of anilines is 3. The van der Waals surface area contributed by atoms with Crippen LogP contribution in [0.1, 0.15) is 25.3 Å². The minimum atomic E-state index is -0.327. The molecule has 9 nitrogen and oxygen atoms in total. The van der Waals surface area contributed by atoms with Crippen LogP contribution in [0.3, 0.4) is 0 Å². The van der Waals surface area contributed by atoms with Crippen LogP contribution in [-0.2, 0) is 16.0 Å². The molecular formula is C39H39N7O2. The Morgan fingerprint density at radius 3 is 2.38 bits per heavy atom. The highest BCUT2D eigenvalue weighted by Gasteiger charge is 2.30. The standard InChI is InChI=1S/C39H39N7O2/c1-27(38(48)44-36-23-29(17-18-34(36)40)28-11-5-3-6-12-28)25-43-39(41-2)46(31-13-7-4-8-14-31)32-19-21-45(22-20-32)37(47)24-30-26-42-35-16-10-9-15-33(30)35/h3-18,23,25-26,32,42H,2,19-22,24,40H2,1H3,(H,44,48)/b27-25+,43-39+. The smallest absolute Gasteiger partial charge is 0.252 e. The predicted octanol–water partition coefficient (Wildman–Crippen LogP) is 7.06. The van der Waals surface area contributed by atoms with Gasteiger partial charge < -0.3 is 25.8 Å². The van der Waals surface area contributed by atoms with Gasteiger partial charge in [0.15, 0.2) is 0 Å². The van der Waals surface area contributed by atoms with Crippen LogP contribution in [0.5, 0.6) is 0 Å². The molecular weight excluding hydrogens is 598 g/mol. The molecule has 6 rings (SSSR count). The van der Waals surface area contributed by atoms with E-state index >= 15 is 0 Å². The summed E-state index contributed by atoms with van der Waals surface area (Å²) < 4.78 is 0. The molecule has 0 saturated carbocycles. The summed E-state index contributed by atoms with van der Waals surface area (Å²) in [5, 5.41) is 4.00. The van der Waals surface area contributed by atoms with E-state index in [9.17, 15) is 9.59 Å². The highest BCUT2D eigenvalue weighted by atomic mass is 16.2. The molecule has 9 heteroatoms. The van der Waals surface area contributed by atoms with Crippen molar-refractivity contribution in [1.82, 2.24) is 9.88 Å². The summed E-state index contributed by atoms with van der Waals surface area (Å²) in [5.41, 5.74) is 12.5. The number of aromatic amines is 1. The van der Waals surface area contributed by atoms with Crippen LogP contribution in [-0.4, -0.2) is 53.5 Å². The van der Waals surface area contributed by atoms with Gasteiger partial charge in [0.2, 0.25) is 11.9 Å². The molecule has 5 aromatic rings. The highest BCUT2D eigenvalue weighted by Crippen LogP contribution is 2.29. The normalized spacial score (nSPS) is 14.1. The minimum Gasteiger partial charge on any atom is -0.397 e. The molecule has 2 heterocycles. The third kappa shape index (κ3) is 7.20. The number of likely N-dealkylation sites (tertiary alicyclic amines) is 1. The fraction of sp³-hybridized carbons (Fsp3) is 0.179. The third-order valence-electron chi connectivity index (χ3n) is 8.73. The number of nitrogens with zero attached hydrogens (tertiary/aromatic N) is 4. The maximum absolute atomic E-state index is 13.3. The van der Waals surface area contributed by atoms with Crippen molar-refractivity contribution in [2.45, 2.75) is 32.2 Å². The van der Waals surface area contributed by atoms with E-state index in [1.165, 1.54) is 6.20 Å². The van der Waals surface area contributed by atoms with Crippen molar-refractivity contribution in [3.8, 4) is 11.1 Å². The summed E-state index contributed by atoms with van der Waals surface area (Å²) >= 11 is 0. The Kier molecular flexibility index (Phi) is 9.76. The summed E-state index contributed by atoms with van der Waals surface area (Å²) in [4.78, 5) is 42.8. The van der Waals surface area contributed by atoms with Crippen molar-refractivity contribution < 1.29 is 9.59 Å². The molecule has 1 fully saturated rings. The SMILES string of the molecule is C=N/C(=N\C=C(/C)C(=O)Nc1cc(-c2ccccc2)ccc1N)N(c1ccccc1)C1CCN(C(=O)Cc2c[nH]c3ccccc23)CC1. The minimum absolute atomic E-state index is 0.0249. The zero-order valence-corrected chi connectivity index (χ0v) is 27.0. The number of benzene rings is 4. The topological polar surface area (TPSA) is 119 Å². The number of piperidine rings is 1. The number of para-hydroxylation sites is 2. The van der Waals surface area contributed by atoms with E-state index in [0.717, 1.165) is 46.1 Å². The largest absolute Gasteiger partial charge is 0.397 e. The van der Waals surface area contributed by atoms with Crippen molar-refractivity contribution in [3.63, 3.8) is 0 Å². The Morgan fingerprint density at radius 2 is 1.65 bits per heavy atom. The Bertz CT molecular complexity index is 1970. The molecule has 0 unspecified atom stereocenters. The van der Waals surface area contributed by atoms with Crippen LogP contribution in [0, 0.1) is 0 Å². The second-order valence-corrected chi connectivity index (χ2v) is 11.9. The molecule has 0 atom stereocenters. The number of fused-ring (bicyclic) bond motifs is 1. The number of hydrogen-bond donors (Lipinski definition) is 3. The summed E-state index contributed by atoms with van der Waals surface area (Å²) in [5.74, 6) is 0.162. The molecule has 242 valence electrons. The number of amides is 2. The maximum Gasteiger partial charge on any atom is 0.252 e. The lowest BCUT2D eigenvalue weighted by molar-refractivity contribution is -0.131. The second-order valence-electron chi connectivity index (χ2n) is 11.9. The Balaban J connectivity index is 1.16. The van der Waals surface area contributed by atoms with Crippen molar-refractivity contribution in [2.24, 2.45) is 9.98 Å². The summed E-state index contributed by atoms with van der Waals surface area (Å²) in [7, 11) is 0. The van der Waals surface area contributed by atoms with Gasteiger partial charge in [-0.2, -0.15) is 0 Å². The zero-order chi connectivity index (χ0) is 33.5. The number of H-pyrrole nitrogens is 1. The van der Waals surface area contributed by atoms with Gasteiger partial charge in [-0.3, -0.25) is 9.59 Å². The number of guanidine groups is 1. The van der Waals surface area contributed by atoms with Gasteiger partial charge >= 0.3 is 0 Å². The van der Waals surface area contributed by atoms with Crippen LogP contribution in [0.4, 0.5) is 17.1 Å². The highest BCUT2D eigenvalue weighted by molar-refractivity contribution is 6.06. The first kappa shape index (κ1) is 32.0. The fourth-order valence-corrected chi connectivity index (χ4v) is 6.09. The average molecular weight is 638 g/mol. The van der Waals surface area contributed by atoms with Gasteiger partial charge in [0.05, 0.1) is 17.8 Å². The van der Waals surface area contributed by atoms with E-state index < -0.39 is 0 Å². The van der Waals surface area contributed by atoms with Crippen molar-refractivity contribution in [1.29, 1.82) is 0 Å². The van der Waals surface area contributed by atoms with E-state index in [1.54, 1.807) is 13.0 Å². The Morgan fingerprint density at radius 1 is 0.958 bits per heavy atom. The van der Waals surface area contributed by atoms with Crippen LogP contribution in [0.2, 0.25) is 0 Å². The van der Waals surface area contributed by atoms with Crippen LogP contribution in [0.15, 0.2) is 131 Å². The first-order valence-electron chi connectivity index (χ1n) is 16.1. The molecule has 2 amide bonds. The lowest BCUT2D eigenvalue weighted by Crippen LogP contribution is -2.49. The number of carbonyl (C=O) groups is 2. The van der Waals surface area contributed by atoms with Crippen molar-refractivity contribution >= 4 is 52.5 Å². The number of nitrogen functional groups attached to an aromatic ring is 1. The number of hydrogen-bond acceptors (Lipinski definition) is 4. The van der Waals surface area contributed by atoms with Crippen LogP contribution < -0.4 is 16.0 Å². The molecule has 48 heavy (non-hydrogen) atoms. The molecule has 4 aromatic carbocycles. The molecule has 4 N–H and O–H groups in total. The summed E-state index contributed by atoms with van der Waals surface area (Å²) in [6, 6.07) is 33.4. The predicted molar refractivity (Wildman–Crippen MR) is 196 cm³/mol. The van der Waals surface area contributed by atoms with Gasteiger partial charge in [-0.25, -0.2) is 9.98 Å². The second kappa shape index (κ2) is 14.6. The molecule has 0 bridgehead atoms. The van der Waals surface area contributed by atoms with Gasteiger partial charge in [0.1, 0.15) is 0 Å². The van der Waals surface area contributed by atoms with Crippen molar-refractivity contribution in [3.05, 3.63) is 127 Å². The van der Waals surface area contributed by atoms with Gasteiger partial charge in [0, 0.05) is 53.7 Å². The average Bonchev–Trinajstić information content (AvgIpc) is 3.54. The molecule has 1 aliphatic rings. The monoisotopic (exact) mass is 637 g/mol. The van der Waals surface area contributed by atoms with Crippen LogP contribution in [0.25, 0.3) is 22.0 Å². The van der Waals surface area contributed by atoms with E-state index in [1.807, 2.05) is 108 Å². The van der Waals surface area contributed by atoms with Crippen LogP contribution >= 0.6 is 0 Å². The van der Waals surface area contributed by atoms with Gasteiger partial charge in [-0.05, 0) is 73.5 Å². The number of aromatic nitrogens is 1. The lowest BCUT2D eigenvalue weighted by atomic mass is 10.0. The molecule has 0 radical (unpaired) electrons. The zero-order valence-electron chi connectivity index (χ0n) is 27.0. The first-order valence-corrected chi connectivity index (χ1v) is 16.1. The quantitative estimate of drug-likeness (QED) is 0.0731. The number of carbonyl (C=O) groups excluding carboxylic acids is 2. The number of nitrogens with two attached hydrogens (primary N) is 1. The molecule has 1 saturated heterocycles. The number of rotatable bonds is 8. The van der Waals surface area contributed by atoms with E-state index in [0.29, 0.717) is 42.4 Å². The first-order chi connectivity index (χ1) is 23.4. The molecule has 0 aliphatic carbocycles. The molecule has 1 aromatic heterocycles. The van der Waals surface area contributed by atoms with Crippen molar-refractivity contribution in [2.75, 3.05) is 29.0 Å². The Labute approximate surface area is 280 Å². The third-order valence-corrected chi connectivity index (χ3v) is 8.73. The van der Waals surface area contributed by atoms with Gasteiger partial charge in [-0.15, -0.1) is 0 Å². The van der Waals surface area contributed by atoms with Gasteiger partial charge in [-0.1, -0.05) is 72.8 Å². The maximum atomic E-state index is 13.3.